The highest BCUT2D eigenvalue weighted by Gasteiger charge is 2.44. The van der Waals surface area contributed by atoms with E-state index in [1.54, 1.807) is 23.8 Å². The Morgan fingerprint density at radius 2 is 1.83 bits per heavy atom. The number of benzene rings is 3. The number of anilines is 3. The summed E-state index contributed by atoms with van der Waals surface area (Å²) < 4.78 is 68.4. The summed E-state index contributed by atoms with van der Waals surface area (Å²) in [6.07, 6.45) is -4.80. The molecule has 1 unspecified atom stereocenters. The third kappa shape index (κ3) is 4.28. The highest BCUT2D eigenvalue weighted by molar-refractivity contribution is 6.25. The number of amides is 3. The molecule has 3 aliphatic heterocycles. The highest BCUT2D eigenvalue weighted by atomic mass is 19.4. The van der Waals surface area contributed by atoms with Gasteiger partial charge in [0.15, 0.2) is 0 Å². The van der Waals surface area contributed by atoms with Crippen LogP contribution in [0.25, 0.3) is 0 Å². The quantitative estimate of drug-likeness (QED) is 0.437. The van der Waals surface area contributed by atoms with E-state index < -0.39 is 46.8 Å². The minimum absolute atomic E-state index is 0.0418. The Labute approximate surface area is 229 Å². The summed E-state index contributed by atoms with van der Waals surface area (Å²) in [5, 5.41) is 5.37. The Bertz CT molecular complexity index is 1720. The number of guanidine groups is 1. The number of alkyl halides is 3. The molecule has 6 rings (SSSR count). The van der Waals surface area contributed by atoms with Crippen molar-refractivity contribution in [2.75, 3.05) is 28.7 Å². The van der Waals surface area contributed by atoms with Crippen molar-refractivity contribution in [2.24, 2.45) is 4.99 Å². The van der Waals surface area contributed by atoms with Crippen molar-refractivity contribution in [2.45, 2.75) is 25.6 Å². The molecule has 41 heavy (non-hydrogen) atoms. The van der Waals surface area contributed by atoms with E-state index in [0.717, 1.165) is 0 Å². The van der Waals surface area contributed by atoms with Gasteiger partial charge in [-0.15, -0.1) is 0 Å². The molecule has 1 atom stereocenters. The Hall–Kier alpha value is -4.81. The first-order valence-corrected chi connectivity index (χ1v) is 12.4. The molecule has 0 spiro atoms. The Balaban J connectivity index is 1.54. The normalized spacial score (nSPS) is 17.6. The number of rotatable bonds is 3. The van der Waals surface area contributed by atoms with Gasteiger partial charge in [-0.25, -0.2) is 8.78 Å². The molecule has 2 N–H and O–H groups in total. The number of carbonyl (C=O) groups excluding carboxylic acids is 3. The van der Waals surface area contributed by atoms with Crippen LogP contribution >= 0.6 is 0 Å². The van der Waals surface area contributed by atoms with Crippen LogP contribution in [0.1, 0.15) is 55.4 Å². The molecule has 0 aromatic heterocycles. The number of carbonyl (C=O) groups is 3. The standard InChI is InChI=1S/C28H20F5N5O3/c1-12-3-4-15(29)10-17(12)23-21-18(34-25(40)13-7-14(28(31,32)33)9-16(30)8-13)11-19-24(22(21)26(41)36-23)37(2)27-35-20(39)5-6-38(19)27/h3-4,7-11,23H,5-6H2,1-2H3,(H,34,40)(H,36,41). The first-order chi connectivity index (χ1) is 19.3. The van der Waals surface area contributed by atoms with Crippen molar-refractivity contribution in [3.8, 4) is 0 Å². The van der Waals surface area contributed by atoms with Crippen molar-refractivity contribution in [1.29, 1.82) is 0 Å². The molecule has 3 aromatic rings. The van der Waals surface area contributed by atoms with Crippen LogP contribution in [0.2, 0.25) is 0 Å². The summed E-state index contributed by atoms with van der Waals surface area (Å²) >= 11 is 0. The van der Waals surface area contributed by atoms with Crippen LogP contribution in [0.15, 0.2) is 47.5 Å². The van der Waals surface area contributed by atoms with Gasteiger partial charge in [0.05, 0.1) is 28.5 Å². The van der Waals surface area contributed by atoms with Gasteiger partial charge in [-0.1, -0.05) is 6.07 Å². The monoisotopic (exact) mass is 569 g/mol. The lowest BCUT2D eigenvalue weighted by Crippen LogP contribution is -2.41. The second-order valence-electron chi connectivity index (χ2n) is 9.93. The van der Waals surface area contributed by atoms with Gasteiger partial charge in [-0.2, -0.15) is 18.2 Å². The van der Waals surface area contributed by atoms with Crippen LogP contribution in [0.5, 0.6) is 0 Å². The van der Waals surface area contributed by atoms with Crippen LogP contribution in [0, 0.1) is 18.6 Å². The second-order valence-corrected chi connectivity index (χ2v) is 9.93. The Morgan fingerprint density at radius 1 is 1.07 bits per heavy atom. The summed E-state index contributed by atoms with van der Waals surface area (Å²) in [5.74, 6) is -3.52. The van der Waals surface area contributed by atoms with E-state index >= 15 is 0 Å². The van der Waals surface area contributed by atoms with E-state index in [2.05, 4.69) is 15.6 Å². The number of fused-ring (bicyclic) bond motifs is 5. The SMILES string of the molecule is Cc1ccc(F)cc1C1NC(=O)c2c1c(NC(=O)c1cc(F)cc(C(F)(F)F)c1)cc1c2N(C)C2=NC(=O)CCN21. The average Bonchev–Trinajstić information content (AvgIpc) is 3.38. The maximum Gasteiger partial charge on any atom is 0.416 e. The lowest BCUT2D eigenvalue weighted by Gasteiger charge is -2.24. The van der Waals surface area contributed by atoms with Crippen molar-refractivity contribution in [1.82, 2.24) is 5.32 Å². The molecule has 0 fully saturated rings. The molecule has 3 aliphatic rings. The lowest BCUT2D eigenvalue weighted by atomic mass is 9.92. The molecule has 0 saturated carbocycles. The number of aliphatic imine (C=N–C) groups is 1. The molecule has 8 nitrogen and oxygen atoms in total. The molecule has 3 amide bonds. The summed E-state index contributed by atoms with van der Waals surface area (Å²) in [7, 11) is 1.62. The van der Waals surface area contributed by atoms with Crippen LogP contribution in [0.3, 0.4) is 0 Å². The zero-order valence-electron chi connectivity index (χ0n) is 21.5. The number of halogens is 5. The maximum atomic E-state index is 14.3. The van der Waals surface area contributed by atoms with E-state index in [4.69, 9.17) is 0 Å². The van der Waals surface area contributed by atoms with Crippen molar-refractivity contribution < 1.29 is 36.3 Å². The molecule has 0 radical (unpaired) electrons. The summed E-state index contributed by atoms with van der Waals surface area (Å²) in [4.78, 5) is 46.2. The van der Waals surface area contributed by atoms with E-state index in [-0.39, 0.29) is 47.7 Å². The van der Waals surface area contributed by atoms with Crippen molar-refractivity contribution in [3.63, 3.8) is 0 Å². The van der Waals surface area contributed by atoms with Crippen LogP contribution in [-0.4, -0.2) is 37.3 Å². The number of hydrogen-bond acceptors (Lipinski definition) is 5. The van der Waals surface area contributed by atoms with Crippen LogP contribution in [-0.2, 0) is 11.0 Å². The van der Waals surface area contributed by atoms with E-state index in [1.165, 1.54) is 24.3 Å². The number of aryl methyl sites for hydroxylation is 1. The van der Waals surface area contributed by atoms with E-state index in [9.17, 15) is 36.3 Å². The molecular weight excluding hydrogens is 549 g/mol. The van der Waals surface area contributed by atoms with Gasteiger partial charge in [-0.05, 0) is 54.4 Å². The Morgan fingerprint density at radius 3 is 2.56 bits per heavy atom. The zero-order chi connectivity index (χ0) is 29.4. The fourth-order valence-electron chi connectivity index (χ4n) is 5.48. The minimum atomic E-state index is -4.89. The molecule has 3 aromatic carbocycles. The summed E-state index contributed by atoms with van der Waals surface area (Å²) in [6, 6.07) is 6.08. The minimum Gasteiger partial charge on any atom is -0.341 e. The maximum absolute atomic E-state index is 14.3. The summed E-state index contributed by atoms with van der Waals surface area (Å²) in [6.45, 7) is 1.94. The summed E-state index contributed by atoms with van der Waals surface area (Å²) in [5.41, 5.74) is 0.306. The topological polar surface area (TPSA) is 94.1 Å². The van der Waals surface area contributed by atoms with Gasteiger partial charge in [-0.3, -0.25) is 14.4 Å². The fourth-order valence-corrected chi connectivity index (χ4v) is 5.48. The molecule has 0 bridgehead atoms. The number of nitrogens with one attached hydrogen (secondary N) is 2. The van der Waals surface area contributed by atoms with Gasteiger partial charge >= 0.3 is 6.18 Å². The molecule has 210 valence electrons. The first-order valence-electron chi connectivity index (χ1n) is 12.4. The van der Waals surface area contributed by atoms with Crippen molar-refractivity contribution >= 4 is 40.7 Å². The molecule has 13 heteroatoms. The predicted octanol–water partition coefficient (Wildman–Crippen LogP) is 4.92. The average molecular weight is 569 g/mol. The van der Waals surface area contributed by atoms with E-state index in [1.807, 2.05) is 0 Å². The molecule has 0 saturated heterocycles. The van der Waals surface area contributed by atoms with Crippen molar-refractivity contribution in [3.05, 3.63) is 87.5 Å². The van der Waals surface area contributed by atoms with Gasteiger partial charge in [0.2, 0.25) is 5.96 Å². The van der Waals surface area contributed by atoms with Gasteiger partial charge in [0, 0.05) is 36.8 Å². The smallest absolute Gasteiger partial charge is 0.341 e. The van der Waals surface area contributed by atoms with Crippen LogP contribution < -0.4 is 20.4 Å². The van der Waals surface area contributed by atoms with E-state index in [0.29, 0.717) is 34.6 Å². The number of nitrogens with zero attached hydrogens (tertiary/aromatic N) is 3. The second kappa shape index (κ2) is 9.11. The van der Waals surface area contributed by atoms with Crippen LogP contribution in [0.4, 0.5) is 39.0 Å². The third-order valence-electron chi connectivity index (χ3n) is 7.34. The third-order valence-corrected chi connectivity index (χ3v) is 7.34. The molecule has 0 aliphatic carbocycles. The highest BCUT2D eigenvalue weighted by Crippen LogP contribution is 2.50. The lowest BCUT2D eigenvalue weighted by molar-refractivity contribution is -0.137. The van der Waals surface area contributed by atoms with Gasteiger partial charge < -0.3 is 20.4 Å². The van der Waals surface area contributed by atoms with Gasteiger partial charge in [0.1, 0.15) is 11.6 Å². The first kappa shape index (κ1) is 26.4. The fraction of sp³-hybridized carbons (Fsp3) is 0.214. The predicted molar refractivity (Wildman–Crippen MR) is 139 cm³/mol. The van der Waals surface area contributed by atoms with Gasteiger partial charge in [0.25, 0.3) is 17.7 Å². The number of hydrogen-bond donors (Lipinski definition) is 2. The largest absolute Gasteiger partial charge is 0.416 e. The molecular formula is C28H20F5N5O3. The molecule has 3 heterocycles. The zero-order valence-corrected chi connectivity index (χ0v) is 21.5. The Kier molecular flexibility index (Phi) is 5.87.